The number of piperazine rings is 1. The summed E-state index contributed by atoms with van der Waals surface area (Å²) < 4.78 is 37.4. The molecule has 0 N–H and O–H groups in total. The van der Waals surface area contributed by atoms with Gasteiger partial charge < -0.3 is 0 Å². The minimum absolute atomic E-state index is 0.531. The summed E-state index contributed by atoms with van der Waals surface area (Å²) >= 11 is 0. The third-order valence-electron chi connectivity index (χ3n) is 5.13. The van der Waals surface area contributed by atoms with Gasteiger partial charge in [-0.05, 0) is 31.5 Å². The second kappa shape index (κ2) is 7.85. The summed E-state index contributed by atoms with van der Waals surface area (Å²) in [5.41, 5.74) is 1.34. The molecular weight excluding hydrogens is 315 g/mol. The minimum atomic E-state index is -4.08. The first-order valence-electron chi connectivity index (χ1n) is 8.79. The van der Waals surface area contributed by atoms with E-state index in [0.29, 0.717) is 19.1 Å². The van der Waals surface area contributed by atoms with Gasteiger partial charge >= 0.3 is 6.18 Å². The molecule has 0 spiro atoms. The van der Waals surface area contributed by atoms with E-state index in [9.17, 15) is 13.2 Å². The second-order valence-corrected chi connectivity index (χ2v) is 6.92. The van der Waals surface area contributed by atoms with Crippen LogP contribution in [0.4, 0.5) is 13.2 Å². The molecule has 3 rings (SSSR count). The van der Waals surface area contributed by atoms with Crippen molar-refractivity contribution < 1.29 is 13.2 Å². The van der Waals surface area contributed by atoms with E-state index in [2.05, 4.69) is 34.1 Å². The smallest absolute Gasteiger partial charge is 0.299 e. The van der Waals surface area contributed by atoms with Crippen LogP contribution in [0.1, 0.15) is 18.4 Å². The van der Waals surface area contributed by atoms with E-state index in [0.717, 1.165) is 45.6 Å². The van der Waals surface area contributed by atoms with E-state index in [-0.39, 0.29) is 0 Å². The van der Waals surface area contributed by atoms with Crippen molar-refractivity contribution in [1.29, 1.82) is 0 Å². The summed E-state index contributed by atoms with van der Waals surface area (Å²) in [4.78, 5) is 6.40. The first kappa shape index (κ1) is 17.7. The van der Waals surface area contributed by atoms with Crippen LogP contribution in [0.25, 0.3) is 0 Å². The molecule has 0 saturated carbocycles. The fourth-order valence-electron chi connectivity index (χ4n) is 3.82. The Morgan fingerprint density at radius 2 is 1.46 bits per heavy atom. The molecule has 2 fully saturated rings. The average Bonchev–Trinajstić information content (AvgIpc) is 2.56. The number of benzene rings is 1. The molecule has 2 aliphatic rings. The Balaban J connectivity index is 1.40. The lowest BCUT2D eigenvalue weighted by atomic mass is 10.0. The van der Waals surface area contributed by atoms with Gasteiger partial charge in [0.2, 0.25) is 0 Å². The molecule has 134 valence electrons. The SMILES string of the molecule is FC(F)(F)CN1CCN(C2CCN(Cc3ccccc3)CC2)CC1. The Kier molecular flexibility index (Phi) is 5.79. The number of hydrogen-bond donors (Lipinski definition) is 0. The highest BCUT2D eigenvalue weighted by atomic mass is 19.4. The van der Waals surface area contributed by atoms with Crippen LogP contribution in [0.15, 0.2) is 30.3 Å². The number of nitrogens with zero attached hydrogens (tertiary/aromatic N) is 3. The zero-order chi connectivity index (χ0) is 17.0. The molecule has 6 heteroatoms. The lowest BCUT2D eigenvalue weighted by Gasteiger charge is -2.42. The maximum atomic E-state index is 12.5. The molecule has 24 heavy (non-hydrogen) atoms. The summed E-state index contributed by atoms with van der Waals surface area (Å²) in [6, 6.07) is 11.0. The standard InChI is InChI=1S/C18H26F3N3/c19-18(20,21)15-23-10-12-24(13-11-23)17-6-8-22(9-7-17)14-16-4-2-1-3-5-16/h1-5,17H,6-15H2. The molecule has 0 aromatic heterocycles. The van der Waals surface area contributed by atoms with Crippen LogP contribution in [-0.4, -0.2) is 72.7 Å². The zero-order valence-electron chi connectivity index (χ0n) is 14.0. The lowest BCUT2D eigenvalue weighted by molar-refractivity contribution is -0.150. The van der Waals surface area contributed by atoms with Crippen molar-refractivity contribution in [2.75, 3.05) is 45.8 Å². The van der Waals surface area contributed by atoms with Gasteiger partial charge in [0, 0.05) is 38.8 Å². The van der Waals surface area contributed by atoms with Gasteiger partial charge in [-0.3, -0.25) is 14.7 Å². The van der Waals surface area contributed by atoms with Gasteiger partial charge in [0.05, 0.1) is 6.54 Å². The van der Waals surface area contributed by atoms with Gasteiger partial charge in [0.1, 0.15) is 0 Å². The van der Waals surface area contributed by atoms with Crippen LogP contribution >= 0.6 is 0 Å². The summed E-state index contributed by atoms with van der Waals surface area (Å²) in [5.74, 6) is 0. The quantitative estimate of drug-likeness (QED) is 0.834. The van der Waals surface area contributed by atoms with Crippen LogP contribution in [0.5, 0.6) is 0 Å². The summed E-state index contributed by atoms with van der Waals surface area (Å²) in [5, 5.41) is 0. The van der Waals surface area contributed by atoms with E-state index < -0.39 is 12.7 Å². The normalized spacial score (nSPS) is 22.8. The molecule has 2 saturated heterocycles. The monoisotopic (exact) mass is 341 g/mol. The topological polar surface area (TPSA) is 9.72 Å². The maximum absolute atomic E-state index is 12.5. The van der Waals surface area contributed by atoms with Crippen molar-refractivity contribution in [3.63, 3.8) is 0 Å². The zero-order valence-corrected chi connectivity index (χ0v) is 14.0. The molecule has 2 heterocycles. The Morgan fingerprint density at radius 3 is 2.04 bits per heavy atom. The third-order valence-corrected chi connectivity index (χ3v) is 5.13. The molecule has 0 atom stereocenters. The van der Waals surface area contributed by atoms with E-state index in [1.165, 1.54) is 10.5 Å². The van der Waals surface area contributed by atoms with E-state index >= 15 is 0 Å². The first-order chi connectivity index (χ1) is 11.5. The predicted molar refractivity (Wildman–Crippen MR) is 88.8 cm³/mol. The Labute approximate surface area is 142 Å². The molecule has 2 aliphatic heterocycles. The van der Waals surface area contributed by atoms with Crippen LogP contribution < -0.4 is 0 Å². The van der Waals surface area contributed by atoms with Crippen molar-refractivity contribution in [1.82, 2.24) is 14.7 Å². The van der Waals surface area contributed by atoms with Crippen molar-refractivity contribution in [2.45, 2.75) is 31.6 Å². The fourth-order valence-corrected chi connectivity index (χ4v) is 3.82. The Bertz CT molecular complexity index is 490. The third kappa shape index (κ3) is 5.19. The molecule has 0 radical (unpaired) electrons. The lowest BCUT2D eigenvalue weighted by Crippen LogP contribution is -2.54. The Hall–Kier alpha value is -1.11. The van der Waals surface area contributed by atoms with Gasteiger partial charge in [-0.1, -0.05) is 30.3 Å². The van der Waals surface area contributed by atoms with Crippen molar-refractivity contribution >= 4 is 0 Å². The molecule has 1 aromatic rings. The molecular formula is C18H26F3N3. The largest absolute Gasteiger partial charge is 0.401 e. The number of rotatable bonds is 4. The predicted octanol–water partition coefficient (Wildman–Crippen LogP) is 2.83. The molecule has 3 nitrogen and oxygen atoms in total. The fraction of sp³-hybridized carbons (Fsp3) is 0.667. The number of hydrogen-bond acceptors (Lipinski definition) is 3. The highest BCUT2D eigenvalue weighted by Gasteiger charge is 2.33. The highest BCUT2D eigenvalue weighted by Crippen LogP contribution is 2.22. The molecule has 0 aliphatic carbocycles. The van der Waals surface area contributed by atoms with Gasteiger partial charge in [-0.15, -0.1) is 0 Å². The minimum Gasteiger partial charge on any atom is -0.299 e. The van der Waals surface area contributed by atoms with Gasteiger partial charge in [0.25, 0.3) is 0 Å². The number of piperidine rings is 1. The highest BCUT2D eigenvalue weighted by molar-refractivity contribution is 5.14. The Morgan fingerprint density at radius 1 is 0.833 bits per heavy atom. The van der Waals surface area contributed by atoms with Gasteiger partial charge in [-0.25, -0.2) is 0 Å². The van der Waals surface area contributed by atoms with Crippen LogP contribution in [0.2, 0.25) is 0 Å². The maximum Gasteiger partial charge on any atom is 0.401 e. The van der Waals surface area contributed by atoms with Crippen LogP contribution in [0.3, 0.4) is 0 Å². The van der Waals surface area contributed by atoms with Crippen molar-refractivity contribution in [3.8, 4) is 0 Å². The summed E-state index contributed by atoms with van der Waals surface area (Å²) in [7, 11) is 0. The van der Waals surface area contributed by atoms with Crippen molar-refractivity contribution in [2.24, 2.45) is 0 Å². The number of likely N-dealkylation sites (tertiary alicyclic amines) is 1. The van der Waals surface area contributed by atoms with E-state index in [1.807, 2.05) is 6.07 Å². The summed E-state index contributed by atoms with van der Waals surface area (Å²) in [6.45, 7) is 4.96. The van der Waals surface area contributed by atoms with Crippen molar-refractivity contribution in [3.05, 3.63) is 35.9 Å². The number of halogens is 3. The summed E-state index contributed by atoms with van der Waals surface area (Å²) in [6.07, 6.45) is -1.84. The molecule has 1 aromatic carbocycles. The second-order valence-electron chi connectivity index (χ2n) is 6.92. The van der Waals surface area contributed by atoms with E-state index in [4.69, 9.17) is 0 Å². The van der Waals surface area contributed by atoms with Gasteiger partial charge in [0.15, 0.2) is 0 Å². The van der Waals surface area contributed by atoms with Crippen LogP contribution in [0, 0.1) is 0 Å². The van der Waals surface area contributed by atoms with E-state index in [1.54, 1.807) is 0 Å². The van der Waals surface area contributed by atoms with Crippen LogP contribution in [-0.2, 0) is 6.54 Å². The molecule has 0 bridgehead atoms. The molecule has 0 unspecified atom stereocenters. The first-order valence-corrected chi connectivity index (χ1v) is 8.79. The average molecular weight is 341 g/mol. The van der Waals surface area contributed by atoms with Gasteiger partial charge in [-0.2, -0.15) is 13.2 Å². The number of alkyl halides is 3. The molecule has 0 amide bonds.